The second-order valence-electron chi connectivity index (χ2n) is 4.87. The van der Waals surface area contributed by atoms with E-state index in [1.165, 1.54) is 0 Å². The minimum Gasteiger partial charge on any atom is -0.265 e. The predicted molar refractivity (Wildman–Crippen MR) is 75.4 cm³/mol. The van der Waals surface area contributed by atoms with Crippen molar-refractivity contribution in [1.29, 1.82) is 0 Å². The van der Waals surface area contributed by atoms with Gasteiger partial charge in [-0.1, -0.05) is 43.6 Å². The molecular formula is C12H20BrN3O2. The number of hydrogen-bond acceptors (Lipinski definition) is 3. The van der Waals surface area contributed by atoms with Crippen LogP contribution in [0.1, 0.15) is 57.3 Å². The van der Waals surface area contributed by atoms with Gasteiger partial charge in [0.05, 0.1) is 4.92 Å². The zero-order valence-electron chi connectivity index (χ0n) is 11.5. The summed E-state index contributed by atoms with van der Waals surface area (Å²) in [6.45, 7) is 7.91. The highest BCUT2D eigenvalue weighted by atomic mass is 79.9. The average Bonchev–Trinajstić information content (AvgIpc) is 2.65. The summed E-state index contributed by atoms with van der Waals surface area (Å²) in [6.07, 6.45) is 0.917. The SMILES string of the molecule is CCC(Br)C(C)c1c([N+](=O)[O-])c(C(C)C)nn1C. The molecule has 0 bridgehead atoms. The lowest BCUT2D eigenvalue weighted by Gasteiger charge is -2.16. The van der Waals surface area contributed by atoms with E-state index in [-0.39, 0.29) is 27.3 Å². The van der Waals surface area contributed by atoms with Crippen molar-refractivity contribution in [3.05, 3.63) is 21.5 Å². The highest BCUT2D eigenvalue weighted by molar-refractivity contribution is 9.09. The first-order valence-electron chi connectivity index (χ1n) is 6.16. The summed E-state index contributed by atoms with van der Waals surface area (Å²) in [5.41, 5.74) is 1.45. The maximum atomic E-state index is 11.3. The van der Waals surface area contributed by atoms with E-state index in [9.17, 15) is 10.1 Å². The number of hydrogen-bond donors (Lipinski definition) is 0. The van der Waals surface area contributed by atoms with Crippen LogP contribution in [0.5, 0.6) is 0 Å². The first kappa shape index (κ1) is 15.1. The van der Waals surface area contributed by atoms with Crippen LogP contribution in [0.2, 0.25) is 0 Å². The fourth-order valence-corrected chi connectivity index (χ4v) is 2.41. The normalized spacial score (nSPS) is 14.8. The number of nitro groups is 1. The zero-order valence-corrected chi connectivity index (χ0v) is 13.1. The number of rotatable bonds is 5. The molecule has 0 amide bonds. The Kier molecular flexibility index (Phi) is 4.90. The van der Waals surface area contributed by atoms with Crippen LogP contribution in [-0.2, 0) is 7.05 Å². The number of aromatic nitrogens is 2. The van der Waals surface area contributed by atoms with Gasteiger partial charge in [0.1, 0.15) is 11.4 Å². The van der Waals surface area contributed by atoms with Crippen LogP contribution in [0.3, 0.4) is 0 Å². The third-order valence-corrected chi connectivity index (χ3v) is 4.63. The molecule has 18 heavy (non-hydrogen) atoms. The molecule has 0 radical (unpaired) electrons. The van der Waals surface area contributed by atoms with Crippen LogP contribution in [-0.4, -0.2) is 19.5 Å². The van der Waals surface area contributed by atoms with E-state index in [4.69, 9.17) is 0 Å². The molecule has 0 saturated carbocycles. The van der Waals surface area contributed by atoms with Gasteiger partial charge in [-0.25, -0.2) is 0 Å². The van der Waals surface area contributed by atoms with Crippen molar-refractivity contribution in [2.75, 3.05) is 0 Å². The molecule has 0 spiro atoms. The Hall–Kier alpha value is -0.910. The van der Waals surface area contributed by atoms with E-state index in [2.05, 4.69) is 28.0 Å². The molecule has 0 aromatic carbocycles. The molecule has 0 fully saturated rings. The fourth-order valence-electron chi connectivity index (χ4n) is 2.16. The lowest BCUT2D eigenvalue weighted by atomic mass is 9.98. The molecule has 5 nitrogen and oxygen atoms in total. The van der Waals surface area contributed by atoms with Gasteiger partial charge in [-0.05, 0) is 6.42 Å². The molecule has 1 rings (SSSR count). The number of aryl methyl sites for hydroxylation is 1. The molecule has 6 heteroatoms. The molecule has 2 atom stereocenters. The van der Waals surface area contributed by atoms with Crippen molar-refractivity contribution in [2.45, 2.75) is 50.8 Å². The molecule has 2 unspecified atom stereocenters. The summed E-state index contributed by atoms with van der Waals surface area (Å²) in [5.74, 6) is 0.105. The second-order valence-corrected chi connectivity index (χ2v) is 6.04. The standard InChI is InChI=1S/C12H20BrN3O2/c1-6-9(13)8(4)11-12(16(17)18)10(7(2)3)14-15(11)5/h7-9H,6H2,1-5H3. The topological polar surface area (TPSA) is 61.0 Å². The third-order valence-electron chi connectivity index (χ3n) is 3.18. The van der Waals surface area contributed by atoms with Crippen molar-refractivity contribution < 1.29 is 4.92 Å². The first-order valence-corrected chi connectivity index (χ1v) is 7.08. The smallest absolute Gasteiger partial charge is 0.265 e. The maximum Gasteiger partial charge on any atom is 0.313 e. The van der Waals surface area contributed by atoms with Crippen molar-refractivity contribution in [3.63, 3.8) is 0 Å². The highest BCUT2D eigenvalue weighted by Gasteiger charge is 2.33. The first-order chi connectivity index (χ1) is 8.31. The molecule has 102 valence electrons. The summed E-state index contributed by atoms with van der Waals surface area (Å²) >= 11 is 3.58. The van der Waals surface area contributed by atoms with Crippen LogP contribution in [0.15, 0.2) is 0 Å². The quantitative estimate of drug-likeness (QED) is 0.472. The van der Waals surface area contributed by atoms with E-state index in [0.717, 1.165) is 6.42 Å². The van der Waals surface area contributed by atoms with Crippen LogP contribution < -0.4 is 0 Å². The van der Waals surface area contributed by atoms with E-state index < -0.39 is 0 Å². The van der Waals surface area contributed by atoms with Crippen LogP contribution in [0.4, 0.5) is 5.69 Å². The van der Waals surface area contributed by atoms with Gasteiger partial charge in [0.2, 0.25) is 0 Å². The lowest BCUT2D eigenvalue weighted by Crippen LogP contribution is -2.13. The van der Waals surface area contributed by atoms with Crippen LogP contribution in [0, 0.1) is 10.1 Å². The molecular weight excluding hydrogens is 298 g/mol. The summed E-state index contributed by atoms with van der Waals surface area (Å²) in [5, 5.41) is 15.6. The summed E-state index contributed by atoms with van der Waals surface area (Å²) in [7, 11) is 1.78. The Labute approximate surface area is 116 Å². The third kappa shape index (κ3) is 2.74. The van der Waals surface area contributed by atoms with Crippen molar-refractivity contribution in [3.8, 4) is 0 Å². The molecule has 1 heterocycles. The van der Waals surface area contributed by atoms with E-state index in [1.54, 1.807) is 11.7 Å². The number of alkyl halides is 1. The Morgan fingerprint density at radius 2 is 2.00 bits per heavy atom. The van der Waals surface area contributed by atoms with Crippen molar-refractivity contribution >= 4 is 21.6 Å². The summed E-state index contributed by atoms with van der Waals surface area (Å²) in [6, 6.07) is 0. The van der Waals surface area contributed by atoms with Gasteiger partial charge in [0.25, 0.3) is 0 Å². The van der Waals surface area contributed by atoms with Crippen LogP contribution >= 0.6 is 15.9 Å². The molecule has 0 aliphatic carbocycles. The zero-order chi connectivity index (χ0) is 14.0. The number of halogens is 1. The second kappa shape index (κ2) is 5.82. The van der Waals surface area contributed by atoms with E-state index >= 15 is 0 Å². The molecule has 1 aromatic heterocycles. The van der Waals surface area contributed by atoms with Crippen molar-refractivity contribution in [2.24, 2.45) is 7.05 Å². The maximum absolute atomic E-state index is 11.3. The average molecular weight is 318 g/mol. The van der Waals surface area contributed by atoms with Crippen LogP contribution in [0.25, 0.3) is 0 Å². The molecule has 0 N–H and O–H groups in total. The summed E-state index contributed by atoms with van der Waals surface area (Å²) < 4.78 is 1.65. The molecule has 0 aliphatic heterocycles. The van der Waals surface area contributed by atoms with Gasteiger partial charge >= 0.3 is 5.69 Å². The molecule has 0 aliphatic rings. The van der Waals surface area contributed by atoms with Gasteiger partial charge < -0.3 is 0 Å². The lowest BCUT2D eigenvalue weighted by molar-refractivity contribution is -0.386. The molecule has 0 saturated heterocycles. The fraction of sp³-hybridized carbons (Fsp3) is 0.750. The predicted octanol–water partition coefficient (Wildman–Crippen LogP) is 3.73. The monoisotopic (exact) mass is 317 g/mol. The molecule has 1 aromatic rings. The van der Waals surface area contributed by atoms with Gasteiger partial charge in [-0.2, -0.15) is 5.10 Å². The highest BCUT2D eigenvalue weighted by Crippen LogP contribution is 2.37. The Morgan fingerprint density at radius 1 is 1.44 bits per heavy atom. The Morgan fingerprint density at radius 3 is 2.39 bits per heavy atom. The minimum absolute atomic E-state index is 0.0490. The summed E-state index contributed by atoms with van der Waals surface area (Å²) in [4.78, 5) is 11.2. The van der Waals surface area contributed by atoms with Gasteiger partial charge in [-0.3, -0.25) is 14.8 Å². The van der Waals surface area contributed by atoms with Crippen molar-refractivity contribution in [1.82, 2.24) is 9.78 Å². The van der Waals surface area contributed by atoms with Gasteiger partial charge in [0, 0.05) is 23.7 Å². The minimum atomic E-state index is -0.302. The van der Waals surface area contributed by atoms with E-state index in [1.807, 2.05) is 20.8 Å². The van der Waals surface area contributed by atoms with Gasteiger partial charge in [0.15, 0.2) is 0 Å². The Bertz CT molecular complexity index is 443. The van der Waals surface area contributed by atoms with Gasteiger partial charge in [-0.15, -0.1) is 0 Å². The largest absolute Gasteiger partial charge is 0.313 e. The van der Waals surface area contributed by atoms with E-state index in [0.29, 0.717) is 11.4 Å². The number of nitrogens with zero attached hydrogens (tertiary/aromatic N) is 3. The Balaban J connectivity index is 3.38.